The average Bonchev–Trinajstić information content (AvgIpc) is 2.45. The van der Waals surface area contributed by atoms with Crippen LogP contribution in [0, 0.1) is 10.5 Å². The summed E-state index contributed by atoms with van der Waals surface area (Å²) >= 11 is 2.36. The van der Waals surface area contributed by atoms with E-state index in [1.54, 1.807) is 7.11 Å². The number of methoxy groups -OCH3 is 1. The van der Waals surface area contributed by atoms with Crippen LogP contribution in [0.3, 0.4) is 0 Å². The minimum atomic E-state index is -0.0806. The van der Waals surface area contributed by atoms with Crippen molar-refractivity contribution in [1.82, 2.24) is 5.43 Å². The van der Waals surface area contributed by atoms with Crippen molar-refractivity contribution in [2.45, 2.75) is 13.0 Å². The van der Waals surface area contributed by atoms with Gasteiger partial charge in [-0.15, -0.1) is 0 Å². The third kappa shape index (κ3) is 2.91. The fraction of sp³-hybridized carbons (Fsp3) is 0.200. The van der Waals surface area contributed by atoms with E-state index in [9.17, 15) is 0 Å². The molecule has 0 aliphatic heterocycles. The number of ether oxygens (including phenoxy) is 1. The van der Waals surface area contributed by atoms with Crippen LogP contribution in [0.2, 0.25) is 0 Å². The maximum Gasteiger partial charge on any atom is 0.124 e. The Hall–Kier alpha value is -1.11. The highest BCUT2D eigenvalue weighted by Gasteiger charge is 2.19. The highest BCUT2D eigenvalue weighted by molar-refractivity contribution is 14.1. The maximum atomic E-state index is 5.77. The SMILES string of the molecule is COc1ccccc1C(NN)c1cccc(C)c1I. The largest absolute Gasteiger partial charge is 0.496 e. The van der Waals surface area contributed by atoms with Crippen LogP contribution >= 0.6 is 22.6 Å². The van der Waals surface area contributed by atoms with Crippen molar-refractivity contribution in [1.29, 1.82) is 0 Å². The van der Waals surface area contributed by atoms with Gasteiger partial charge in [-0.3, -0.25) is 5.84 Å². The van der Waals surface area contributed by atoms with Gasteiger partial charge in [0.2, 0.25) is 0 Å². The van der Waals surface area contributed by atoms with Crippen LogP contribution in [0.25, 0.3) is 0 Å². The monoisotopic (exact) mass is 368 g/mol. The van der Waals surface area contributed by atoms with Crippen molar-refractivity contribution < 1.29 is 4.74 Å². The molecule has 0 fully saturated rings. The number of nitrogens with one attached hydrogen (secondary N) is 1. The first-order valence-corrected chi connectivity index (χ1v) is 7.11. The Balaban J connectivity index is 2.53. The Kier molecular flexibility index (Phi) is 4.79. The molecule has 2 aromatic rings. The third-order valence-corrected chi connectivity index (χ3v) is 4.62. The van der Waals surface area contributed by atoms with Crippen molar-refractivity contribution in [2.24, 2.45) is 5.84 Å². The zero-order valence-electron chi connectivity index (χ0n) is 11.0. The van der Waals surface area contributed by atoms with E-state index in [4.69, 9.17) is 10.6 Å². The molecule has 0 spiro atoms. The Morgan fingerprint density at radius 1 is 1.11 bits per heavy atom. The number of halogens is 1. The normalized spacial score (nSPS) is 12.2. The third-order valence-electron chi connectivity index (χ3n) is 3.15. The summed E-state index contributed by atoms with van der Waals surface area (Å²) < 4.78 is 6.64. The number of hydrogen-bond donors (Lipinski definition) is 2. The molecule has 0 radical (unpaired) electrons. The zero-order chi connectivity index (χ0) is 13.8. The number of hydrogen-bond acceptors (Lipinski definition) is 3. The van der Waals surface area contributed by atoms with E-state index in [2.05, 4.69) is 47.1 Å². The van der Waals surface area contributed by atoms with E-state index >= 15 is 0 Å². The summed E-state index contributed by atoms with van der Waals surface area (Å²) in [6, 6.07) is 14.1. The van der Waals surface area contributed by atoms with Gasteiger partial charge in [0.15, 0.2) is 0 Å². The lowest BCUT2D eigenvalue weighted by Crippen LogP contribution is -2.29. The lowest BCUT2D eigenvalue weighted by atomic mass is 9.97. The second kappa shape index (κ2) is 6.36. The Bertz CT molecular complexity index is 572. The molecule has 3 N–H and O–H groups in total. The fourth-order valence-electron chi connectivity index (χ4n) is 2.15. The van der Waals surface area contributed by atoms with Gasteiger partial charge in [0.05, 0.1) is 13.2 Å². The van der Waals surface area contributed by atoms with E-state index in [0.717, 1.165) is 16.9 Å². The standard InChI is InChI=1S/C15H17IN2O/c1-10-6-5-8-12(14(10)16)15(18-17)11-7-3-4-9-13(11)19-2/h3-9,15,18H,17H2,1-2H3. The van der Waals surface area contributed by atoms with Crippen molar-refractivity contribution in [3.63, 3.8) is 0 Å². The van der Waals surface area contributed by atoms with Crippen molar-refractivity contribution >= 4 is 22.6 Å². The second-order valence-corrected chi connectivity index (χ2v) is 5.40. The average molecular weight is 368 g/mol. The molecule has 1 atom stereocenters. The summed E-state index contributed by atoms with van der Waals surface area (Å²) in [5, 5.41) is 0. The highest BCUT2D eigenvalue weighted by Crippen LogP contribution is 2.32. The molecule has 19 heavy (non-hydrogen) atoms. The molecule has 0 heterocycles. The van der Waals surface area contributed by atoms with Crippen LogP contribution in [0.5, 0.6) is 5.75 Å². The van der Waals surface area contributed by atoms with Crippen LogP contribution in [0.1, 0.15) is 22.7 Å². The van der Waals surface area contributed by atoms with E-state index in [0.29, 0.717) is 0 Å². The van der Waals surface area contributed by atoms with Crippen LogP contribution < -0.4 is 16.0 Å². The first kappa shape index (κ1) is 14.3. The number of para-hydroxylation sites is 1. The molecule has 100 valence electrons. The molecule has 0 saturated heterocycles. The van der Waals surface area contributed by atoms with Gasteiger partial charge in [0, 0.05) is 9.13 Å². The quantitative estimate of drug-likeness (QED) is 0.495. The van der Waals surface area contributed by atoms with Gasteiger partial charge in [-0.25, -0.2) is 5.43 Å². The summed E-state index contributed by atoms with van der Waals surface area (Å²) in [5.74, 6) is 6.61. The molecule has 0 aliphatic rings. The molecule has 0 bridgehead atoms. The molecule has 0 saturated carbocycles. The number of benzene rings is 2. The minimum Gasteiger partial charge on any atom is -0.496 e. The first-order valence-electron chi connectivity index (χ1n) is 6.03. The van der Waals surface area contributed by atoms with Crippen LogP contribution in [0.15, 0.2) is 42.5 Å². The van der Waals surface area contributed by atoms with Crippen LogP contribution in [-0.4, -0.2) is 7.11 Å². The smallest absolute Gasteiger partial charge is 0.124 e. The molecule has 3 nitrogen and oxygen atoms in total. The summed E-state index contributed by atoms with van der Waals surface area (Å²) in [6.45, 7) is 2.10. The molecule has 0 aliphatic carbocycles. The molecule has 0 aromatic heterocycles. The van der Waals surface area contributed by atoms with Gasteiger partial charge in [-0.1, -0.05) is 36.4 Å². The van der Waals surface area contributed by atoms with E-state index in [1.807, 2.05) is 30.3 Å². The van der Waals surface area contributed by atoms with Gasteiger partial charge in [0.1, 0.15) is 5.75 Å². The molecular formula is C15H17IN2O. The lowest BCUT2D eigenvalue weighted by molar-refractivity contribution is 0.404. The number of aryl methyl sites for hydroxylation is 1. The molecule has 2 aromatic carbocycles. The summed E-state index contributed by atoms with van der Waals surface area (Å²) in [5.41, 5.74) is 6.33. The van der Waals surface area contributed by atoms with Gasteiger partial charge in [-0.05, 0) is 46.7 Å². The van der Waals surface area contributed by atoms with Crippen LogP contribution in [-0.2, 0) is 0 Å². The molecule has 4 heteroatoms. The van der Waals surface area contributed by atoms with E-state index in [-0.39, 0.29) is 6.04 Å². The Morgan fingerprint density at radius 2 is 1.79 bits per heavy atom. The topological polar surface area (TPSA) is 47.3 Å². The summed E-state index contributed by atoms with van der Waals surface area (Å²) in [6.07, 6.45) is 0. The van der Waals surface area contributed by atoms with Gasteiger partial charge < -0.3 is 4.74 Å². The summed E-state index contributed by atoms with van der Waals surface area (Å²) in [7, 11) is 1.67. The maximum absolute atomic E-state index is 5.77. The van der Waals surface area contributed by atoms with Gasteiger partial charge in [-0.2, -0.15) is 0 Å². The predicted molar refractivity (Wildman–Crippen MR) is 86.1 cm³/mol. The zero-order valence-corrected chi connectivity index (χ0v) is 13.1. The second-order valence-electron chi connectivity index (χ2n) is 4.32. The Labute approximate surface area is 127 Å². The molecule has 1 unspecified atom stereocenters. The lowest BCUT2D eigenvalue weighted by Gasteiger charge is -2.21. The van der Waals surface area contributed by atoms with Gasteiger partial charge >= 0.3 is 0 Å². The highest BCUT2D eigenvalue weighted by atomic mass is 127. The number of nitrogens with two attached hydrogens (primary N) is 1. The van der Waals surface area contributed by atoms with Crippen molar-refractivity contribution in [2.75, 3.05) is 7.11 Å². The van der Waals surface area contributed by atoms with Crippen LogP contribution in [0.4, 0.5) is 0 Å². The molecule has 2 rings (SSSR count). The molecule has 0 amide bonds. The molecular weight excluding hydrogens is 351 g/mol. The van der Waals surface area contributed by atoms with Crippen molar-refractivity contribution in [3.8, 4) is 5.75 Å². The Morgan fingerprint density at radius 3 is 2.47 bits per heavy atom. The van der Waals surface area contributed by atoms with E-state index in [1.165, 1.54) is 9.13 Å². The number of hydrazine groups is 1. The number of rotatable bonds is 4. The summed E-state index contributed by atoms with van der Waals surface area (Å²) in [4.78, 5) is 0. The minimum absolute atomic E-state index is 0.0806. The van der Waals surface area contributed by atoms with E-state index < -0.39 is 0 Å². The van der Waals surface area contributed by atoms with Gasteiger partial charge in [0.25, 0.3) is 0 Å². The first-order chi connectivity index (χ1) is 9.19. The fourth-order valence-corrected chi connectivity index (χ4v) is 2.82. The van der Waals surface area contributed by atoms with Crippen molar-refractivity contribution in [3.05, 3.63) is 62.7 Å². The predicted octanol–water partition coefficient (Wildman–Crippen LogP) is 3.16.